The molecule has 162 valence electrons. The first kappa shape index (κ1) is 21.1. The second-order valence-electron chi connectivity index (χ2n) is 8.48. The third kappa shape index (κ3) is 5.73. The van der Waals surface area contributed by atoms with Crippen LogP contribution < -0.4 is 15.5 Å². The van der Waals surface area contributed by atoms with Crippen molar-refractivity contribution in [1.82, 2.24) is 14.9 Å². The number of hydrogen-bond acceptors (Lipinski definition) is 6. The van der Waals surface area contributed by atoms with E-state index in [9.17, 15) is 0 Å². The van der Waals surface area contributed by atoms with Crippen LogP contribution in [0.15, 0.2) is 60.8 Å². The number of rotatable bonds is 7. The third-order valence-corrected chi connectivity index (χ3v) is 5.77. The van der Waals surface area contributed by atoms with E-state index in [1.165, 1.54) is 5.56 Å². The summed E-state index contributed by atoms with van der Waals surface area (Å²) < 4.78 is 0. The van der Waals surface area contributed by atoms with Crippen molar-refractivity contribution in [3.8, 4) is 0 Å². The van der Waals surface area contributed by atoms with Crippen molar-refractivity contribution >= 4 is 23.1 Å². The van der Waals surface area contributed by atoms with Gasteiger partial charge in [0.05, 0.1) is 0 Å². The van der Waals surface area contributed by atoms with Crippen LogP contribution in [0.3, 0.4) is 0 Å². The summed E-state index contributed by atoms with van der Waals surface area (Å²) in [4.78, 5) is 13.9. The Morgan fingerprint density at radius 1 is 1.03 bits per heavy atom. The highest BCUT2D eigenvalue weighted by molar-refractivity contribution is 5.62. The number of hydrogen-bond donors (Lipinski definition) is 2. The van der Waals surface area contributed by atoms with Gasteiger partial charge in [0.1, 0.15) is 5.82 Å². The van der Waals surface area contributed by atoms with E-state index in [1.807, 2.05) is 32.4 Å². The summed E-state index contributed by atoms with van der Waals surface area (Å²) in [5, 5.41) is 7.00. The van der Waals surface area contributed by atoms with E-state index in [-0.39, 0.29) is 0 Å². The molecule has 1 aliphatic heterocycles. The van der Waals surface area contributed by atoms with Crippen LogP contribution in [0.25, 0.3) is 0 Å². The van der Waals surface area contributed by atoms with Gasteiger partial charge < -0.3 is 15.5 Å². The summed E-state index contributed by atoms with van der Waals surface area (Å²) >= 11 is 0. The number of likely N-dealkylation sites (tertiary alicyclic amines) is 1. The molecule has 1 fully saturated rings. The van der Waals surface area contributed by atoms with Gasteiger partial charge in [-0.2, -0.15) is 4.98 Å². The normalized spacial score (nSPS) is 14.9. The molecule has 0 atom stereocenters. The number of aryl methyl sites for hydroxylation is 1. The Kier molecular flexibility index (Phi) is 6.67. The maximum atomic E-state index is 4.76. The zero-order valence-electron chi connectivity index (χ0n) is 18.7. The molecule has 0 saturated carbocycles. The molecule has 1 aromatic heterocycles. The number of anilines is 4. The number of piperidine rings is 1. The fourth-order valence-corrected chi connectivity index (χ4v) is 3.91. The summed E-state index contributed by atoms with van der Waals surface area (Å²) in [7, 11) is 4.07. The molecule has 4 rings (SSSR count). The molecule has 0 radical (unpaired) electrons. The standard InChI is InChI=1S/C25H32N6/c1-19-17-26-25(28-22-10-7-11-23(16-22)30(2)3)29-24(19)27-21-12-14-31(15-13-21)18-20-8-5-4-6-9-20/h4-11,16-17,21H,12-15,18H2,1-3H3,(H2,26,27,28,29). The Hall–Kier alpha value is -3.12. The number of nitrogens with zero attached hydrogens (tertiary/aromatic N) is 4. The van der Waals surface area contributed by atoms with Gasteiger partial charge >= 0.3 is 0 Å². The molecule has 0 aliphatic carbocycles. The van der Waals surface area contributed by atoms with Crippen LogP contribution in [-0.2, 0) is 6.54 Å². The molecule has 6 nitrogen and oxygen atoms in total. The topological polar surface area (TPSA) is 56.3 Å². The van der Waals surface area contributed by atoms with Gasteiger partial charge in [-0.3, -0.25) is 4.90 Å². The minimum absolute atomic E-state index is 0.436. The lowest BCUT2D eigenvalue weighted by Crippen LogP contribution is -2.38. The van der Waals surface area contributed by atoms with Gasteiger partial charge in [0, 0.05) is 62.9 Å². The van der Waals surface area contributed by atoms with E-state index in [2.05, 4.69) is 74.8 Å². The van der Waals surface area contributed by atoms with Gasteiger partial charge in [-0.25, -0.2) is 4.98 Å². The van der Waals surface area contributed by atoms with Crippen molar-refractivity contribution in [3.05, 3.63) is 71.9 Å². The summed E-state index contributed by atoms with van der Waals surface area (Å²) in [6, 6.07) is 19.4. The molecular weight excluding hydrogens is 384 g/mol. The molecule has 0 unspecified atom stereocenters. The van der Waals surface area contributed by atoms with E-state index in [1.54, 1.807) is 0 Å². The highest BCUT2D eigenvalue weighted by Crippen LogP contribution is 2.23. The Balaban J connectivity index is 1.35. The van der Waals surface area contributed by atoms with Gasteiger partial charge in [-0.1, -0.05) is 36.4 Å². The summed E-state index contributed by atoms with van der Waals surface area (Å²) in [6.45, 7) is 5.28. The molecule has 6 heteroatoms. The summed E-state index contributed by atoms with van der Waals surface area (Å²) in [5.41, 5.74) is 4.57. The second kappa shape index (κ2) is 9.79. The van der Waals surface area contributed by atoms with E-state index in [0.29, 0.717) is 12.0 Å². The van der Waals surface area contributed by atoms with Crippen molar-refractivity contribution in [2.24, 2.45) is 0 Å². The molecule has 31 heavy (non-hydrogen) atoms. The van der Waals surface area contributed by atoms with Gasteiger partial charge in [0.2, 0.25) is 5.95 Å². The Morgan fingerprint density at radius 2 is 1.81 bits per heavy atom. The van der Waals surface area contributed by atoms with E-state index < -0.39 is 0 Å². The highest BCUT2D eigenvalue weighted by atomic mass is 15.2. The Labute approximate surface area is 185 Å². The minimum atomic E-state index is 0.436. The summed E-state index contributed by atoms with van der Waals surface area (Å²) in [5.74, 6) is 1.54. The Morgan fingerprint density at radius 3 is 2.55 bits per heavy atom. The van der Waals surface area contributed by atoms with Crippen molar-refractivity contribution in [2.75, 3.05) is 42.7 Å². The maximum absolute atomic E-state index is 4.76. The van der Waals surface area contributed by atoms with Crippen LogP contribution in [0, 0.1) is 6.92 Å². The quantitative estimate of drug-likeness (QED) is 0.584. The zero-order valence-corrected chi connectivity index (χ0v) is 18.7. The number of nitrogens with one attached hydrogen (secondary N) is 2. The fraction of sp³-hybridized carbons (Fsp3) is 0.360. The predicted octanol–water partition coefficient (Wildman–Crippen LogP) is 4.67. The zero-order chi connectivity index (χ0) is 21.6. The molecule has 1 aliphatic rings. The molecule has 0 bridgehead atoms. The number of benzene rings is 2. The molecule has 3 aromatic rings. The highest BCUT2D eigenvalue weighted by Gasteiger charge is 2.20. The predicted molar refractivity (Wildman–Crippen MR) is 129 cm³/mol. The lowest BCUT2D eigenvalue weighted by Gasteiger charge is -2.32. The van der Waals surface area contributed by atoms with E-state index in [4.69, 9.17) is 4.98 Å². The van der Waals surface area contributed by atoms with Crippen LogP contribution in [0.1, 0.15) is 24.0 Å². The minimum Gasteiger partial charge on any atom is -0.378 e. The van der Waals surface area contributed by atoms with Gasteiger partial charge in [-0.05, 0) is 43.5 Å². The molecule has 0 spiro atoms. The lowest BCUT2D eigenvalue weighted by atomic mass is 10.0. The van der Waals surface area contributed by atoms with Crippen LogP contribution in [0.4, 0.5) is 23.1 Å². The fourth-order valence-electron chi connectivity index (χ4n) is 3.91. The SMILES string of the molecule is Cc1cnc(Nc2cccc(N(C)C)c2)nc1NC1CCN(Cc2ccccc2)CC1. The second-order valence-corrected chi connectivity index (χ2v) is 8.48. The summed E-state index contributed by atoms with van der Waals surface area (Å²) in [6.07, 6.45) is 4.12. The molecule has 2 N–H and O–H groups in total. The molecule has 2 aromatic carbocycles. The average Bonchev–Trinajstić information content (AvgIpc) is 2.78. The van der Waals surface area contributed by atoms with Crippen molar-refractivity contribution in [1.29, 1.82) is 0 Å². The van der Waals surface area contributed by atoms with Crippen LogP contribution in [0.2, 0.25) is 0 Å². The van der Waals surface area contributed by atoms with Gasteiger partial charge in [-0.15, -0.1) is 0 Å². The lowest BCUT2D eigenvalue weighted by molar-refractivity contribution is 0.211. The molecule has 0 amide bonds. The van der Waals surface area contributed by atoms with Crippen LogP contribution in [0.5, 0.6) is 0 Å². The molecular formula is C25H32N6. The smallest absolute Gasteiger partial charge is 0.229 e. The first-order valence-corrected chi connectivity index (χ1v) is 11.0. The monoisotopic (exact) mass is 416 g/mol. The van der Waals surface area contributed by atoms with Crippen LogP contribution >= 0.6 is 0 Å². The van der Waals surface area contributed by atoms with Crippen molar-refractivity contribution < 1.29 is 0 Å². The third-order valence-electron chi connectivity index (χ3n) is 5.77. The molecule has 2 heterocycles. The number of aromatic nitrogens is 2. The van der Waals surface area contributed by atoms with Gasteiger partial charge in [0.25, 0.3) is 0 Å². The first-order valence-electron chi connectivity index (χ1n) is 11.0. The average molecular weight is 417 g/mol. The largest absolute Gasteiger partial charge is 0.378 e. The van der Waals surface area contributed by atoms with E-state index in [0.717, 1.165) is 55.2 Å². The van der Waals surface area contributed by atoms with E-state index >= 15 is 0 Å². The Bertz CT molecular complexity index is 980. The van der Waals surface area contributed by atoms with Crippen molar-refractivity contribution in [2.45, 2.75) is 32.4 Å². The molecule has 1 saturated heterocycles. The van der Waals surface area contributed by atoms with Gasteiger partial charge in [0.15, 0.2) is 0 Å². The van der Waals surface area contributed by atoms with Crippen LogP contribution in [-0.4, -0.2) is 48.1 Å². The van der Waals surface area contributed by atoms with Crippen molar-refractivity contribution in [3.63, 3.8) is 0 Å². The first-order chi connectivity index (χ1) is 15.1. The maximum Gasteiger partial charge on any atom is 0.229 e.